The molecule has 10 heteroatoms. The van der Waals surface area contributed by atoms with Gasteiger partial charge in [-0.2, -0.15) is 0 Å². The first-order chi connectivity index (χ1) is 16.3. The third-order valence-electron chi connectivity index (χ3n) is 4.85. The van der Waals surface area contributed by atoms with Crippen LogP contribution in [0.1, 0.15) is 26.5 Å². The van der Waals surface area contributed by atoms with Crippen molar-refractivity contribution < 1.29 is 9.21 Å². The van der Waals surface area contributed by atoms with Crippen LogP contribution in [0.15, 0.2) is 45.9 Å². The maximum Gasteiger partial charge on any atom is 0.321 e. The number of rotatable bonds is 6. The van der Waals surface area contributed by atoms with Crippen LogP contribution in [0.5, 0.6) is 0 Å². The number of hydrogen-bond acceptors (Lipinski definition) is 6. The molecule has 0 radical (unpaired) electrons. The van der Waals surface area contributed by atoms with E-state index in [9.17, 15) is 9.59 Å². The zero-order chi connectivity index (χ0) is 24.8. The Balaban J connectivity index is 0.00000158. The molecule has 4 aromatic rings. The van der Waals surface area contributed by atoms with Gasteiger partial charge in [-0.05, 0) is 50.3 Å². The van der Waals surface area contributed by atoms with E-state index < -0.39 is 0 Å². The fourth-order valence-corrected chi connectivity index (χ4v) is 3.36. The summed E-state index contributed by atoms with van der Waals surface area (Å²) in [6.45, 7) is 6.94. The number of nitrogens with one attached hydrogen (secondary N) is 3. The predicted molar refractivity (Wildman–Crippen MR) is 134 cm³/mol. The molecule has 0 saturated heterocycles. The van der Waals surface area contributed by atoms with E-state index in [2.05, 4.69) is 25.6 Å². The van der Waals surface area contributed by atoms with Crippen LogP contribution in [0, 0.1) is 0 Å². The van der Waals surface area contributed by atoms with Crippen molar-refractivity contribution in [3.8, 4) is 22.6 Å². The second kappa shape index (κ2) is 10.8. The van der Waals surface area contributed by atoms with E-state index in [0.29, 0.717) is 47.3 Å². The van der Waals surface area contributed by atoms with Crippen LogP contribution in [-0.4, -0.2) is 51.1 Å². The van der Waals surface area contributed by atoms with Crippen LogP contribution in [0.2, 0.25) is 0 Å². The first-order valence-electron chi connectivity index (χ1n) is 11.2. The highest BCUT2D eigenvalue weighted by molar-refractivity contribution is 5.97. The van der Waals surface area contributed by atoms with Gasteiger partial charge in [-0.3, -0.25) is 10.1 Å². The lowest BCUT2D eigenvalue weighted by molar-refractivity contribution is 0.252. The Bertz CT molecular complexity index is 1330. The average Bonchev–Trinajstić information content (AvgIpc) is 3.42. The van der Waals surface area contributed by atoms with Crippen LogP contribution in [-0.2, 0) is 13.6 Å². The van der Waals surface area contributed by atoms with Crippen LogP contribution in [0.3, 0.4) is 0 Å². The molecule has 0 unspecified atom stereocenters. The first-order valence-corrected chi connectivity index (χ1v) is 11.2. The fourth-order valence-electron chi connectivity index (χ4n) is 3.36. The Hall–Kier alpha value is -3.92. The van der Waals surface area contributed by atoms with Crippen molar-refractivity contribution in [3.05, 3.63) is 52.8 Å². The van der Waals surface area contributed by atoms with Gasteiger partial charge in [-0.15, -0.1) is 0 Å². The van der Waals surface area contributed by atoms with E-state index in [-0.39, 0.29) is 11.6 Å². The second-order valence-corrected chi connectivity index (χ2v) is 7.72. The highest BCUT2D eigenvalue weighted by Crippen LogP contribution is 2.33. The Morgan fingerprint density at radius 1 is 1.21 bits per heavy atom. The number of imidazole rings is 1. The van der Waals surface area contributed by atoms with Crippen molar-refractivity contribution in [2.45, 2.75) is 27.3 Å². The molecule has 0 fully saturated rings. The summed E-state index contributed by atoms with van der Waals surface area (Å²) >= 11 is 0. The number of pyridine rings is 1. The van der Waals surface area contributed by atoms with Gasteiger partial charge in [0.2, 0.25) is 11.8 Å². The summed E-state index contributed by atoms with van der Waals surface area (Å²) in [5, 5.41) is 5.36. The van der Waals surface area contributed by atoms with E-state index in [1.807, 2.05) is 58.0 Å². The molecule has 180 valence electrons. The maximum absolute atomic E-state index is 12.2. The fraction of sp³-hybridized carbons (Fsp3) is 0.333. The van der Waals surface area contributed by atoms with Crippen molar-refractivity contribution in [2.24, 2.45) is 7.05 Å². The largest absolute Gasteiger partial charge is 0.440 e. The monoisotopic (exact) mass is 465 g/mol. The number of hydrogen-bond donors (Lipinski definition) is 3. The third kappa shape index (κ3) is 5.52. The zero-order valence-electron chi connectivity index (χ0n) is 20.4. The van der Waals surface area contributed by atoms with Gasteiger partial charge < -0.3 is 24.2 Å². The van der Waals surface area contributed by atoms with Crippen molar-refractivity contribution >= 4 is 23.0 Å². The molecule has 0 saturated carbocycles. The van der Waals surface area contributed by atoms with Gasteiger partial charge in [0, 0.05) is 25.9 Å². The molecular weight excluding hydrogens is 434 g/mol. The maximum atomic E-state index is 12.2. The summed E-state index contributed by atoms with van der Waals surface area (Å²) < 4.78 is 7.49. The summed E-state index contributed by atoms with van der Waals surface area (Å²) in [4.78, 5) is 38.2. The lowest BCUT2D eigenvalue weighted by Gasteiger charge is -2.07. The highest BCUT2D eigenvalue weighted by atomic mass is 16.4. The molecule has 1 aromatic carbocycles. The number of nitrogens with zero attached hydrogens (tertiary/aromatic N) is 4. The zero-order valence-corrected chi connectivity index (χ0v) is 20.4. The van der Waals surface area contributed by atoms with Gasteiger partial charge in [0.05, 0.1) is 23.8 Å². The molecule has 0 aliphatic carbocycles. The van der Waals surface area contributed by atoms with Crippen molar-refractivity contribution in [1.82, 2.24) is 29.7 Å². The smallest absolute Gasteiger partial charge is 0.321 e. The Kier molecular flexibility index (Phi) is 7.85. The van der Waals surface area contributed by atoms with E-state index in [1.54, 1.807) is 25.5 Å². The standard InChI is InChI=1S/C22H25N7O3.C2H6/c1-5-23-22(31)27-21-25-17-9-14(13-6-7-29(4)18(30)10-13)8-16(19(17)26-21)20-24-11-15(32-20)12-28(2)3;1-2/h6-11H,5,12H2,1-4H3,(H3,23,25,26,27,31);1-2H3. The molecule has 0 bridgehead atoms. The van der Waals surface area contributed by atoms with Gasteiger partial charge in [-0.1, -0.05) is 13.8 Å². The number of H-pyrrole nitrogens is 1. The van der Waals surface area contributed by atoms with Gasteiger partial charge in [0.25, 0.3) is 5.56 Å². The molecule has 3 heterocycles. The minimum atomic E-state index is -0.357. The van der Waals surface area contributed by atoms with Gasteiger partial charge >= 0.3 is 6.03 Å². The van der Waals surface area contributed by atoms with Gasteiger partial charge in [-0.25, -0.2) is 14.8 Å². The van der Waals surface area contributed by atoms with E-state index in [4.69, 9.17) is 4.42 Å². The Morgan fingerprint density at radius 3 is 2.65 bits per heavy atom. The number of fused-ring (bicyclic) bond motifs is 1. The molecule has 3 N–H and O–H groups in total. The third-order valence-corrected chi connectivity index (χ3v) is 4.85. The molecule has 2 amide bonds. The van der Waals surface area contributed by atoms with Gasteiger partial charge in [0.15, 0.2) is 0 Å². The average molecular weight is 466 g/mol. The number of anilines is 1. The number of aromatic nitrogens is 4. The van der Waals surface area contributed by atoms with Crippen molar-refractivity contribution in [2.75, 3.05) is 26.0 Å². The molecule has 0 atom stereocenters. The van der Waals surface area contributed by atoms with Crippen LogP contribution < -0.4 is 16.2 Å². The quantitative estimate of drug-likeness (QED) is 0.398. The molecule has 4 rings (SSSR count). The molecule has 34 heavy (non-hydrogen) atoms. The SMILES string of the molecule is CC.CCNC(=O)Nc1nc2c(-c3ncc(CN(C)C)o3)cc(-c3ccn(C)c(=O)c3)cc2[nH]1. The number of aromatic amines is 1. The second-order valence-electron chi connectivity index (χ2n) is 7.72. The summed E-state index contributed by atoms with van der Waals surface area (Å²) in [6.07, 6.45) is 3.41. The van der Waals surface area contributed by atoms with Crippen molar-refractivity contribution in [3.63, 3.8) is 0 Å². The molecule has 0 aliphatic rings. The molecule has 3 aromatic heterocycles. The normalized spacial score (nSPS) is 10.8. The minimum absolute atomic E-state index is 0.114. The highest BCUT2D eigenvalue weighted by Gasteiger charge is 2.18. The molecule has 0 aliphatic heterocycles. The minimum Gasteiger partial charge on any atom is -0.440 e. The Morgan fingerprint density at radius 2 is 1.97 bits per heavy atom. The number of aryl methyl sites for hydroxylation is 1. The van der Waals surface area contributed by atoms with Crippen LogP contribution >= 0.6 is 0 Å². The summed E-state index contributed by atoms with van der Waals surface area (Å²) in [7, 11) is 5.60. The Labute approximate surface area is 198 Å². The number of carbonyl (C=O) groups excluding carboxylic acids is 1. The number of benzene rings is 1. The van der Waals surface area contributed by atoms with Crippen molar-refractivity contribution in [1.29, 1.82) is 0 Å². The number of amides is 2. The molecule has 0 spiro atoms. The van der Waals surface area contributed by atoms with E-state index in [0.717, 1.165) is 11.1 Å². The lowest BCUT2D eigenvalue weighted by Crippen LogP contribution is -2.28. The summed E-state index contributed by atoms with van der Waals surface area (Å²) in [5.74, 6) is 1.43. The first kappa shape index (κ1) is 24.7. The summed E-state index contributed by atoms with van der Waals surface area (Å²) in [6, 6.07) is 6.85. The predicted octanol–water partition coefficient (Wildman–Crippen LogP) is 3.81. The molecule has 10 nitrogen and oxygen atoms in total. The topological polar surface area (TPSA) is 121 Å². The number of carbonyl (C=O) groups is 1. The van der Waals surface area contributed by atoms with E-state index >= 15 is 0 Å². The van der Waals surface area contributed by atoms with Crippen LogP contribution in [0.4, 0.5) is 10.7 Å². The molecular formula is C24H31N7O3. The summed E-state index contributed by atoms with van der Waals surface area (Å²) in [5.41, 5.74) is 3.37. The lowest BCUT2D eigenvalue weighted by atomic mass is 10.0. The number of urea groups is 1. The van der Waals surface area contributed by atoms with Gasteiger partial charge in [0.1, 0.15) is 11.3 Å². The van der Waals surface area contributed by atoms with E-state index in [1.165, 1.54) is 4.57 Å². The van der Waals surface area contributed by atoms with Crippen LogP contribution in [0.25, 0.3) is 33.6 Å². The number of oxazole rings is 1.